The number of imidazole rings is 1. The van der Waals surface area contributed by atoms with Crippen LogP contribution in [-0.2, 0) is 6.54 Å². The van der Waals surface area contributed by atoms with Crippen LogP contribution in [0.4, 0.5) is 18.9 Å². The fraction of sp³-hybridized carbons (Fsp3) is 0.308. The molecule has 2 rings (SSSR count). The van der Waals surface area contributed by atoms with Gasteiger partial charge < -0.3 is 9.88 Å². The maximum absolute atomic E-state index is 13.5. The molecule has 1 aromatic carbocycles. The van der Waals surface area contributed by atoms with Crippen LogP contribution in [0.5, 0.6) is 0 Å². The van der Waals surface area contributed by atoms with Gasteiger partial charge in [0.15, 0.2) is 17.5 Å². The Hall–Kier alpha value is -1.98. The van der Waals surface area contributed by atoms with Crippen LogP contribution in [-0.4, -0.2) is 9.55 Å². The van der Waals surface area contributed by atoms with Crippen molar-refractivity contribution in [3.8, 4) is 0 Å². The second-order valence-corrected chi connectivity index (χ2v) is 4.46. The van der Waals surface area contributed by atoms with Crippen molar-refractivity contribution in [3.63, 3.8) is 0 Å². The predicted molar refractivity (Wildman–Crippen MR) is 66.3 cm³/mol. The number of rotatable bonds is 4. The number of aromatic nitrogens is 2. The zero-order chi connectivity index (χ0) is 14.0. The number of nitrogens with one attached hydrogen (secondary N) is 1. The molecule has 0 saturated carbocycles. The first kappa shape index (κ1) is 13.5. The number of hydrogen-bond donors (Lipinski definition) is 1. The van der Waals surface area contributed by atoms with Gasteiger partial charge in [0.1, 0.15) is 0 Å². The van der Waals surface area contributed by atoms with E-state index in [9.17, 15) is 13.2 Å². The van der Waals surface area contributed by atoms with Gasteiger partial charge in [0.25, 0.3) is 0 Å². The summed E-state index contributed by atoms with van der Waals surface area (Å²) in [6, 6.07) is 2.28. The minimum Gasteiger partial charge on any atom is -0.377 e. The molecule has 1 heterocycles. The second kappa shape index (κ2) is 5.34. The summed E-state index contributed by atoms with van der Waals surface area (Å²) < 4.78 is 41.2. The fourth-order valence-electron chi connectivity index (χ4n) is 1.78. The lowest BCUT2D eigenvalue weighted by molar-refractivity contribution is 0.449. The molecule has 3 nitrogen and oxygen atoms in total. The Morgan fingerprint density at radius 3 is 2.63 bits per heavy atom. The molecule has 0 unspecified atom stereocenters. The maximum atomic E-state index is 13.5. The topological polar surface area (TPSA) is 29.9 Å². The van der Waals surface area contributed by atoms with Crippen LogP contribution >= 0.6 is 0 Å². The SMILES string of the molecule is CC(C)n1cncc1CNc1ccc(F)c(F)c1F. The summed E-state index contributed by atoms with van der Waals surface area (Å²) in [5.41, 5.74) is 0.759. The first-order chi connectivity index (χ1) is 9.00. The van der Waals surface area contributed by atoms with Crippen LogP contribution in [0.1, 0.15) is 25.6 Å². The average molecular weight is 269 g/mol. The normalized spacial score (nSPS) is 11.1. The Bertz CT molecular complexity index is 579. The number of nitrogens with zero attached hydrogens (tertiary/aromatic N) is 2. The fourth-order valence-corrected chi connectivity index (χ4v) is 1.78. The summed E-state index contributed by atoms with van der Waals surface area (Å²) >= 11 is 0. The largest absolute Gasteiger partial charge is 0.377 e. The van der Waals surface area contributed by atoms with Gasteiger partial charge in [0.2, 0.25) is 0 Å². The van der Waals surface area contributed by atoms with E-state index in [0.717, 1.165) is 11.8 Å². The molecule has 1 N–H and O–H groups in total. The quantitative estimate of drug-likeness (QED) is 0.861. The summed E-state index contributed by atoms with van der Waals surface area (Å²) in [4.78, 5) is 4.00. The first-order valence-corrected chi connectivity index (χ1v) is 5.88. The highest BCUT2D eigenvalue weighted by molar-refractivity contribution is 5.45. The van der Waals surface area contributed by atoms with Crippen LogP contribution in [0.25, 0.3) is 0 Å². The Balaban J connectivity index is 2.15. The lowest BCUT2D eigenvalue weighted by atomic mass is 10.2. The minimum absolute atomic E-state index is 0.0737. The molecule has 0 saturated heterocycles. The molecule has 0 radical (unpaired) electrons. The Morgan fingerprint density at radius 1 is 1.21 bits per heavy atom. The van der Waals surface area contributed by atoms with Crippen molar-refractivity contribution in [1.82, 2.24) is 9.55 Å². The molecule has 0 aliphatic carbocycles. The molecule has 0 atom stereocenters. The highest BCUT2D eigenvalue weighted by Gasteiger charge is 2.13. The Morgan fingerprint density at radius 2 is 1.95 bits per heavy atom. The molecule has 0 aliphatic heterocycles. The molecule has 19 heavy (non-hydrogen) atoms. The standard InChI is InChI=1S/C13H14F3N3/c1-8(2)19-7-17-5-9(19)6-18-11-4-3-10(14)12(15)13(11)16/h3-5,7-8,18H,6H2,1-2H3. The molecule has 0 amide bonds. The van der Waals surface area contributed by atoms with Gasteiger partial charge in [0.05, 0.1) is 24.3 Å². The number of benzene rings is 1. The van der Waals surface area contributed by atoms with Crippen LogP contribution < -0.4 is 5.32 Å². The van der Waals surface area contributed by atoms with Gasteiger partial charge in [-0.05, 0) is 26.0 Å². The van der Waals surface area contributed by atoms with Crippen molar-refractivity contribution < 1.29 is 13.2 Å². The van der Waals surface area contributed by atoms with E-state index >= 15 is 0 Å². The molecule has 6 heteroatoms. The summed E-state index contributed by atoms with van der Waals surface area (Å²) in [7, 11) is 0. The molecule has 102 valence electrons. The summed E-state index contributed by atoms with van der Waals surface area (Å²) in [6.07, 6.45) is 3.31. The van der Waals surface area contributed by atoms with E-state index in [1.165, 1.54) is 6.07 Å². The van der Waals surface area contributed by atoms with Gasteiger partial charge in [-0.3, -0.25) is 0 Å². The number of anilines is 1. The van der Waals surface area contributed by atoms with Gasteiger partial charge in [-0.1, -0.05) is 0 Å². The monoisotopic (exact) mass is 269 g/mol. The molecular formula is C13H14F3N3. The number of halogens is 3. The molecule has 0 fully saturated rings. The zero-order valence-electron chi connectivity index (χ0n) is 10.6. The summed E-state index contributed by atoms with van der Waals surface area (Å²) in [5.74, 6) is -3.88. The van der Waals surface area contributed by atoms with Crippen LogP contribution in [0.2, 0.25) is 0 Å². The lowest BCUT2D eigenvalue weighted by Gasteiger charge is -2.13. The summed E-state index contributed by atoms with van der Waals surface area (Å²) in [6.45, 7) is 4.26. The lowest BCUT2D eigenvalue weighted by Crippen LogP contribution is -2.10. The van der Waals surface area contributed by atoms with Gasteiger partial charge in [-0.25, -0.2) is 18.2 Å². The zero-order valence-corrected chi connectivity index (χ0v) is 10.6. The third-order valence-corrected chi connectivity index (χ3v) is 2.80. The maximum Gasteiger partial charge on any atom is 0.196 e. The van der Waals surface area contributed by atoms with Crippen LogP contribution in [0, 0.1) is 17.5 Å². The van der Waals surface area contributed by atoms with Crippen molar-refractivity contribution in [2.24, 2.45) is 0 Å². The van der Waals surface area contributed by atoms with E-state index in [1.807, 2.05) is 18.4 Å². The molecule has 2 aromatic rings. The molecule has 0 bridgehead atoms. The highest BCUT2D eigenvalue weighted by Crippen LogP contribution is 2.20. The minimum atomic E-state index is -1.47. The van der Waals surface area contributed by atoms with Crippen molar-refractivity contribution in [1.29, 1.82) is 0 Å². The second-order valence-electron chi connectivity index (χ2n) is 4.46. The summed E-state index contributed by atoms with van der Waals surface area (Å²) in [5, 5.41) is 2.74. The Kier molecular flexibility index (Phi) is 3.78. The van der Waals surface area contributed by atoms with Crippen LogP contribution in [0.3, 0.4) is 0 Å². The van der Waals surface area contributed by atoms with E-state index < -0.39 is 17.5 Å². The van der Waals surface area contributed by atoms with Crippen LogP contribution in [0.15, 0.2) is 24.7 Å². The van der Waals surface area contributed by atoms with E-state index in [0.29, 0.717) is 0 Å². The molecule has 0 spiro atoms. The van der Waals surface area contributed by atoms with Gasteiger partial charge in [-0.2, -0.15) is 0 Å². The highest BCUT2D eigenvalue weighted by atomic mass is 19.2. The smallest absolute Gasteiger partial charge is 0.196 e. The van der Waals surface area contributed by atoms with Gasteiger partial charge >= 0.3 is 0 Å². The van der Waals surface area contributed by atoms with Crippen molar-refractivity contribution in [2.45, 2.75) is 26.4 Å². The Labute approximate surface area is 109 Å². The first-order valence-electron chi connectivity index (χ1n) is 5.88. The van der Waals surface area contributed by atoms with Crippen molar-refractivity contribution >= 4 is 5.69 Å². The van der Waals surface area contributed by atoms with E-state index in [4.69, 9.17) is 0 Å². The van der Waals surface area contributed by atoms with Crippen molar-refractivity contribution in [3.05, 3.63) is 47.8 Å². The van der Waals surface area contributed by atoms with E-state index in [2.05, 4.69) is 10.3 Å². The average Bonchev–Trinajstić information content (AvgIpc) is 2.84. The predicted octanol–water partition coefficient (Wildman–Crippen LogP) is 3.49. The third-order valence-electron chi connectivity index (χ3n) is 2.80. The van der Waals surface area contributed by atoms with Gasteiger partial charge in [-0.15, -0.1) is 0 Å². The third kappa shape index (κ3) is 2.72. The van der Waals surface area contributed by atoms with Gasteiger partial charge in [0, 0.05) is 12.2 Å². The van der Waals surface area contributed by atoms with E-state index in [1.54, 1.807) is 12.5 Å². The molecule has 0 aliphatic rings. The van der Waals surface area contributed by atoms with Crippen molar-refractivity contribution in [2.75, 3.05) is 5.32 Å². The molecular weight excluding hydrogens is 255 g/mol. The van der Waals surface area contributed by atoms with E-state index in [-0.39, 0.29) is 18.3 Å². The molecule has 1 aromatic heterocycles. The number of hydrogen-bond acceptors (Lipinski definition) is 2.